The first kappa shape index (κ1) is 14.0. The topological polar surface area (TPSA) is 66.9 Å². The normalized spacial score (nSPS) is 12.0. The van der Waals surface area contributed by atoms with Gasteiger partial charge in [0, 0.05) is 12.1 Å². The first-order chi connectivity index (χ1) is 8.09. The summed E-state index contributed by atoms with van der Waals surface area (Å²) in [5.41, 5.74) is -3.45. The molecule has 4 nitrogen and oxygen atoms in total. The van der Waals surface area contributed by atoms with E-state index >= 15 is 0 Å². The Morgan fingerprint density at radius 3 is 2.22 bits per heavy atom. The number of benzene rings is 1. The third-order valence-electron chi connectivity index (χ3n) is 2.47. The minimum atomic E-state index is -4.74. The summed E-state index contributed by atoms with van der Waals surface area (Å²) in [6.45, 7) is 2.65. The van der Waals surface area contributed by atoms with Gasteiger partial charge in [0.2, 0.25) is 0 Å². The summed E-state index contributed by atoms with van der Waals surface area (Å²) in [5, 5.41) is 19.3. The summed E-state index contributed by atoms with van der Waals surface area (Å²) in [7, 11) is 0. The molecule has 0 atom stereocenters. The third-order valence-corrected chi connectivity index (χ3v) is 2.47. The number of alkyl halides is 3. The molecular formula is C11H9F3N2O2. The second-order valence-corrected chi connectivity index (χ2v) is 4.22. The van der Waals surface area contributed by atoms with Crippen molar-refractivity contribution in [3.8, 4) is 6.07 Å². The number of hydrogen-bond acceptors (Lipinski definition) is 3. The molecule has 0 unspecified atom stereocenters. The minimum absolute atomic E-state index is 0.275. The number of hydrogen-bond donors (Lipinski definition) is 0. The fourth-order valence-corrected chi connectivity index (χ4v) is 1.49. The van der Waals surface area contributed by atoms with Crippen LogP contribution in [0.1, 0.15) is 25.0 Å². The Kier molecular flexibility index (Phi) is 3.33. The van der Waals surface area contributed by atoms with Crippen molar-refractivity contribution in [3.05, 3.63) is 39.4 Å². The highest BCUT2D eigenvalue weighted by atomic mass is 19.4. The molecule has 7 heteroatoms. The molecule has 0 N–H and O–H groups in total. The number of nitrogens with zero attached hydrogens (tertiary/aromatic N) is 2. The first-order valence-corrected chi connectivity index (χ1v) is 4.87. The molecule has 0 fully saturated rings. The fourth-order valence-electron chi connectivity index (χ4n) is 1.49. The van der Waals surface area contributed by atoms with Crippen LogP contribution in [0.2, 0.25) is 0 Å². The summed E-state index contributed by atoms with van der Waals surface area (Å²) in [6.07, 6.45) is -4.74. The van der Waals surface area contributed by atoms with Crippen molar-refractivity contribution in [2.24, 2.45) is 0 Å². The largest absolute Gasteiger partial charge is 0.416 e. The van der Waals surface area contributed by atoms with Crippen LogP contribution in [0.15, 0.2) is 18.2 Å². The average molecular weight is 258 g/mol. The van der Waals surface area contributed by atoms with Gasteiger partial charge >= 0.3 is 6.18 Å². The van der Waals surface area contributed by atoms with E-state index < -0.39 is 27.8 Å². The van der Waals surface area contributed by atoms with Gasteiger partial charge in [0.05, 0.1) is 22.0 Å². The average Bonchev–Trinajstić information content (AvgIpc) is 2.27. The molecule has 0 aliphatic carbocycles. The fraction of sp³-hybridized carbons (Fsp3) is 0.364. The maximum atomic E-state index is 12.8. The van der Waals surface area contributed by atoms with Crippen molar-refractivity contribution < 1.29 is 18.1 Å². The number of halogens is 3. The molecule has 0 spiro atoms. The van der Waals surface area contributed by atoms with Gasteiger partial charge in [0.15, 0.2) is 0 Å². The van der Waals surface area contributed by atoms with Crippen LogP contribution in [0.4, 0.5) is 18.9 Å². The van der Waals surface area contributed by atoms with Crippen molar-refractivity contribution in [3.63, 3.8) is 0 Å². The molecule has 0 bridgehead atoms. The van der Waals surface area contributed by atoms with Crippen LogP contribution < -0.4 is 0 Å². The number of nitro benzene ring substituents is 1. The highest BCUT2D eigenvalue weighted by Crippen LogP contribution is 2.39. The van der Waals surface area contributed by atoms with Crippen LogP contribution in [0.5, 0.6) is 0 Å². The number of rotatable bonds is 2. The summed E-state index contributed by atoms with van der Waals surface area (Å²) in [6, 6.07) is 4.14. The zero-order valence-electron chi connectivity index (χ0n) is 9.58. The predicted molar refractivity (Wildman–Crippen MR) is 56.7 cm³/mol. The molecule has 18 heavy (non-hydrogen) atoms. The summed E-state index contributed by atoms with van der Waals surface area (Å²) in [5.74, 6) is 0. The van der Waals surface area contributed by atoms with Crippen molar-refractivity contribution in [1.29, 1.82) is 5.26 Å². The van der Waals surface area contributed by atoms with E-state index in [-0.39, 0.29) is 5.56 Å². The van der Waals surface area contributed by atoms with Gasteiger partial charge in [-0.25, -0.2) is 0 Å². The lowest BCUT2D eigenvalue weighted by molar-refractivity contribution is -0.385. The number of non-ortho nitro benzene ring substituents is 1. The van der Waals surface area contributed by atoms with E-state index in [2.05, 4.69) is 0 Å². The van der Waals surface area contributed by atoms with Crippen LogP contribution in [-0.2, 0) is 11.6 Å². The Morgan fingerprint density at radius 2 is 1.83 bits per heavy atom. The van der Waals surface area contributed by atoms with Gasteiger partial charge in [-0.1, -0.05) is 6.07 Å². The molecule has 0 aliphatic heterocycles. The molecule has 1 rings (SSSR count). The molecule has 96 valence electrons. The van der Waals surface area contributed by atoms with Gasteiger partial charge in [0.1, 0.15) is 0 Å². The molecule has 0 heterocycles. The minimum Gasteiger partial charge on any atom is -0.258 e. The van der Waals surface area contributed by atoms with Crippen molar-refractivity contribution in [1.82, 2.24) is 0 Å². The van der Waals surface area contributed by atoms with Crippen LogP contribution in [0, 0.1) is 21.4 Å². The molecular weight excluding hydrogens is 249 g/mol. The first-order valence-electron chi connectivity index (χ1n) is 4.87. The number of nitriles is 1. The summed E-state index contributed by atoms with van der Waals surface area (Å²) >= 11 is 0. The van der Waals surface area contributed by atoms with Gasteiger partial charge in [-0.2, -0.15) is 18.4 Å². The molecule has 0 aliphatic rings. The second-order valence-electron chi connectivity index (χ2n) is 4.22. The standard InChI is InChI=1S/C11H9F3N2O2/c1-10(2,6-15)8-4-3-7(16(17)18)5-9(8)11(12,13)14/h3-5H,1-2H3. The SMILES string of the molecule is CC(C)(C#N)c1ccc([N+](=O)[O-])cc1C(F)(F)F. The van der Waals surface area contributed by atoms with Crippen molar-refractivity contribution in [2.75, 3.05) is 0 Å². The molecule has 1 aromatic carbocycles. The van der Waals surface area contributed by atoms with Crippen LogP contribution in [0.25, 0.3) is 0 Å². The lowest BCUT2D eigenvalue weighted by atomic mass is 9.83. The van der Waals surface area contributed by atoms with E-state index in [1.807, 2.05) is 0 Å². The Bertz CT molecular complexity index is 530. The van der Waals surface area contributed by atoms with Gasteiger partial charge in [-0.3, -0.25) is 10.1 Å². The third kappa shape index (κ3) is 2.59. The van der Waals surface area contributed by atoms with E-state index in [1.165, 1.54) is 13.8 Å². The van der Waals surface area contributed by atoms with E-state index in [4.69, 9.17) is 5.26 Å². The Balaban J connectivity index is 3.56. The molecule has 0 amide bonds. The predicted octanol–water partition coefficient (Wildman–Crippen LogP) is 3.41. The van der Waals surface area contributed by atoms with Crippen molar-refractivity contribution in [2.45, 2.75) is 25.4 Å². The Labute approximate surface area is 101 Å². The van der Waals surface area contributed by atoms with Gasteiger partial charge in [-0.05, 0) is 19.4 Å². The highest BCUT2D eigenvalue weighted by molar-refractivity contribution is 5.46. The zero-order valence-corrected chi connectivity index (χ0v) is 9.58. The molecule has 0 saturated heterocycles. The Morgan fingerprint density at radius 1 is 1.28 bits per heavy atom. The van der Waals surface area contributed by atoms with Crippen LogP contribution in [0.3, 0.4) is 0 Å². The van der Waals surface area contributed by atoms with Gasteiger partial charge < -0.3 is 0 Å². The van der Waals surface area contributed by atoms with Crippen molar-refractivity contribution >= 4 is 5.69 Å². The van der Waals surface area contributed by atoms with Gasteiger partial charge in [-0.15, -0.1) is 0 Å². The maximum absolute atomic E-state index is 12.8. The quantitative estimate of drug-likeness (QED) is 0.603. The molecule has 0 saturated carbocycles. The molecule has 0 radical (unpaired) electrons. The highest BCUT2D eigenvalue weighted by Gasteiger charge is 2.39. The summed E-state index contributed by atoms with van der Waals surface area (Å²) < 4.78 is 38.5. The Hall–Kier alpha value is -2.10. The maximum Gasteiger partial charge on any atom is 0.416 e. The van der Waals surface area contributed by atoms with Gasteiger partial charge in [0.25, 0.3) is 5.69 Å². The van der Waals surface area contributed by atoms with E-state index in [0.29, 0.717) is 6.07 Å². The van der Waals surface area contributed by atoms with E-state index in [9.17, 15) is 23.3 Å². The lowest BCUT2D eigenvalue weighted by Gasteiger charge is -2.21. The second kappa shape index (κ2) is 4.29. The molecule has 0 aromatic heterocycles. The van der Waals surface area contributed by atoms with Crippen LogP contribution >= 0.6 is 0 Å². The summed E-state index contributed by atoms with van der Waals surface area (Å²) in [4.78, 5) is 9.58. The molecule has 1 aromatic rings. The monoisotopic (exact) mass is 258 g/mol. The van der Waals surface area contributed by atoms with Crippen LogP contribution in [-0.4, -0.2) is 4.92 Å². The smallest absolute Gasteiger partial charge is 0.258 e. The zero-order chi connectivity index (χ0) is 14.1. The lowest BCUT2D eigenvalue weighted by Crippen LogP contribution is -2.21. The number of nitro groups is 1. The van der Waals surface area contributed by atoms with E-state index in [1.54, 1.807) is 6.07 Å². The van der Waals surface area contributed by atoms with E-state index in [0.717, 1.165) is 12.1 Å².